The summed E-state index contributed by atoms with van der Waals surface area (Å²) in [5, 5.41) is 3.69. The van der Waals surface area contributed by atoms with Crippen LogP contribution in [0.1, 0.15) is 12.8 Å². The van der Waals surface area contributed by atoms with Crippen molar-refractivity contribution in [3.8, 4) is 5.75 Å². The number of halogens is 1. The Morgan fingerprint density at radius 1 is 1.25 bits per heavy atom. The average molecular weight is 340 g/mol. The molecule has 0 spiro atoms. The van der Waals surface area contributed by atoms with Crippen molar-refractivity contribution in [3.63, 3.8) is 0 Å². The third-order valence-electron chi connectivity index (χ3n) is 2.35. The summed E-state index contributed by atoms with van der Waals surface area (Å²) in [7, 11) is -3.39. The fraction of sp³-hybridized carbons (Fsp3) is 0.500. The topological polar surface area (TPSA) is 75.6 Å². The van der Waals surface area contributed by atoms with Crippen LogP contribution in [0.25, 0.3) is 0 Å². The van der Waals surface area contributed by atoms with Gasteiger partial charge >= 0.3 is 9.15 Å². The smallest absolute Gasteiger partial charge is 0.319 e. The van der Waals surface area contributed by atoms with E-state index in [2.05, 4.69) is 5.32 Å². The molecular weight excluding hydrogens is 322 g/mol. The highest BCUT2D eigenvalue weighted by Crippen LogP contribution is 2.23. The molecule has 1 aromatic rings. The monoisotopic (exact) mass is 339 g/mol. The summed E-state index contributed by atoms with van der Waals surface area (Å²) < 4.78 is 34.9. The van der Waals surface area contributed by atoms with Crippen LogP contribution in [0.3, 0.4) is 0 Å². The zero-order valence-corrected chi connectivity index (χ0v) is 13.3. The lowest BCUT2D eigenvalue weighted by molar-refractivity contribution is 0.306. The van der Waals surface area contributed by atoms with E-state index >= 15 is 0 Å². The molecule has 0 heterocycles. The number of para-hydroxylation sites is 1. The van der Waals surface area contributed by atoms with Crippen LogP contribution < -0.4 is 10.1 Å². The maximum Gasteiger partial charge on any atom is 0.319 e. The number of nitrogens with one attached hydrogen (secondary N) is 1. The van der Waals surface area contributed by atoms with Crippen molar-refractivity contribution in [2.75, 3.05) is 25.4 Å². The molecule has 8 heteroatoms. The number of benzene rings is 1. The zero-order chi connectivity index (χ0) is 14.8. The van der Waals surface area contributed by atoms with Gasteiger partial charge in [0, 0.05) is 12.3 Å². The maximum atomic E-state index is 10.4. The SMILES string of the molecule is O=S(=O)(O)SCCNCCCCOc1ccccc1Cl. The van der Waals surface area contributed by atoms with Crippen LogP contribution in [0.5, 0.6) is 5.75 Å². The summed E-state index contributed by atoms with van der Waals surface area (Å²) in [4.78, 5) is 0. The van der Waals surface area contributed by atoms with Crippen LogP contribution in [-0.2, 0) is 9.15 Å². The van der Waals surface area contributed by atoms with Gasteiger partial charge in [0.1, 0.15) is 5.75 Å². The van der Waals surface area contributed by atoms with Gasteiger partial charge < -0.3 is 10.1 Å². The van der Waals surface area contributed by atoms with E-state index in [1.165, 1.54) is 0 Å². The summed E-state index contributed by atoms with van der Waals surface area (Å²) in [6, 6.07) is 7.33. The first-order valence-electron chi connectivity index (χ1n) is 6.19. The maximum absolute atomic E-state index is 10.4. The highest BCUT2D eigenvalue weighted by Gasteiger charge is 2.03. The van der Waals surface area contributed by atoms with Crippen LogP contribution in [0.15, 0.2) is 24.3 Å². The van der Waals surface area contributed by atoms with Gasteiger partial charge in [-0.1, -0.05) is 23.7 Å². The van der Waals surface area contributed by atoms with Crippen molar-refractivity contribution in [2.24, 2.45) is 0 Å². The molecular formula is C12H18ClNO4S2. The van der Waals surface area contributed by atoms with Gasteiger partial charge in [-0.05, 0) is 42.3 Å². The summed E-state index contributed by atoms with van der Waals surface area (Å²) in [5.74, 6) is 1.02. The zero-order valence-electron chi connectivity index (χ0n) is 10.9. The van der Waals surface area contributed by atoms with Crippen LogP contribution >= 0.6 is 22.4 Å². The minimum atomic E-state index is -3.92. The number of unbranched alkanes of at least 4 members (excludes halogenated alkanes) is 1. The Bertz CT molecular complexity index is 496. The minimum Gasteiger partial charge on any atom is -0.492 e. The third kappa shape index (κ3) is 8.65. The largest absolute Gasteiger partial charge is 0.492 e. The molecule has 20 heavy (non-hydrogen) atoms. The van der Waals surface area contributed by atoms with Gasteiger partial charge in [0.05, 0.1) is 11.6 Å². The minimum absolute atomic E-state index is 0.328. The fourth-order valence-corrected chi connectivity index (χ4v) is 2.95. The molecule has 0 bridgehead atoms. The lowest BCUT2D eigenvalue weighted by Crippen LogP contribution is -2.19. The Morgan fingerprint density at radius 3 is 2.70 bits per heavy atom. The molecule has 0 aliphatic carbocycles. The van der Waals surface area contributed by atoms with Gasteiger partial charge in [-0.15, -0.1) is 0 Å². The Kier molecular flexibility index (Phi) is 8.32. The molecule has 0 fully saturated rings. The molecule has 5 nitrogen and oxygen atoms in total. The number of rotatable bonds is 10. The fourth-order valence-electron chi connectivity index (χ4n) is 1.44. The Hall–Kier alpha value is -0.470. The van der Waals surface area contributed by atoms with Gasteiger partial charge in [0.25, 0.3) is 0 Å². The van der Waals surface area contributed by atoms with E-state index in [-0.39, 0.29) is 0 Å². The molecule has 0 radical (unpaired) electrons. The quantitative estimate of drug-likeness (QED) is 0.388. The highest BCUT2D eigenvalue weighted by molar-refractivity contribution is 8.69. The van der Waals surface area contributed by atoms with Crippen molar-refractivity contribution in [2.45, 2.75) is 12.8 Å². The molecule has 1 aromatic carbocycles. The van der Waals surface area contributed by atoms with Gasteiger partial charge in [-0.2, -0.15) is 8.42 Å². The predicted octanol–water partition coefficient (Wildman–Crippen LogP) is 2.62. The summed E-state index contributed by atoms with van der Waals surface area (Å²) in [6.07, 6.45) is 1.80. The first-order chi connectivity index (χ1) is 9.49. The molecule has 0 saturated heterocycles. The second-order valence-electron chi connectivity index (χ2n) is 3.99. The van der Waals surface area contributed by atoms with Crippen molar-refractivity contribution in [1.29, 1.82) is 0 Å². The second kappa shape index (κ2) is 9.46. The first kappa shape index (κ1) is 17.6. The van der Waals surface area contributed by atoms with Gasteiger partial charge in [0.2, 0.25) is 0 Å². The number of ether oxygens (including phenoxy) is 1. The molecule has 1 rings (SSSR count). The van der Waals surface area contributed by atoms with Crippen molar-refractivity contribution >= 4 is 31.5 Å². The summed E-state index contributed by atoms with van der Waals surface area (Å²) >= 11 is 5.95. The van der Waals surface area contributed by atoms with Crippen molar-refractivity contribution < 1.29 is 17.7 Å². The Balaban J connectivity index is 1.97. The molecule has 2 N–H and O–H groups in total. The van der Waals surface area contributed by atoms with Crippen LogP contribution in [-0.4, -0.2) is 38.4 Å². The molecule has 114 valence electrons. The predicted molar refractivity (Wildman–Crippen MR) is 83.1 cm³/mol. The van der Waals surface area contributed by atoms with Crippen molar-refractivity contribution in [3.05, 3.63) is 29.3 Å². The lowest BCUT2D eigenvalue weighted by atomic mass is 10.3. The number of hydrogen-bond acceptors (Lipinski definition) is 5. The van der Waals surface area contributed by atoms with E-state index in [4.69, 9.17) is 20.9 Å². The summed E-state index contributed by atoms with van der Waals surface area (Å²) in [6.45, 7) is 1.90. The average Bonchev–Trinajstić information content (AvgIpc) is 2.37. The van der Waals surface area contributed by atoms with Crippen LogP contribution in [0.4, 0.5) is 0 Å². The Morgan fingerprint density at radius 2 is 2.00 bits per heavy atom. The van der Waals surface area contributed by atoms with Gasteiger partial charge in [0.15, 0.2) is 0 Å². The first-order valence-corrected chi connectivity index (χ1v) is 9.51. The van der Waals surface area contributed by atoms with Crippen LogP contribution in [0.2, 0.25) is 5.02 Å². The van der Waals surface area contributed by atoms with E-state index in [9.17, 15) is 8.42 Å². The molecule has 0 atom stereocenters. The molecule has 0 aliphatic heterocycles. The van der Waals surface area contributed by atoms with Gasteiger partial charge in [-0.25, -0.2) is 0 Å². The van der Waals surface area contributed by atoms with Gasteiger partial charge in [-0.3, -0.25) is 4.55 Å². The molecule has 0 aromatic heterocycles. The number of hydrogen-bond donors (Lipinski definition) is 2. The molecule has 0 saturated carbocycles. The lowest BCUT2D eigenvalue weighted by Gasteiger charge is -2.08. The third-order valence-corrected chi connectivity index (χ3v) is 4.73. The van der Waals surface area contributed by atoms with E-state index in [0.29, 0.717) is 40.5 Å². The second-order valence-corrected chi connectivity index (χ2v) is 7.86. The highest BCUT2D eigenvalue weighted by atomic mass is 35.5. The normalized spacial score (nSPS) is 11.5. The standard InChI is InChI=1S/C12H18ClNO4S2/c13-11-5-1-2-6-12(11)18-9-4-3-7-14-8-10-19-20(15,16)17/h1-2,5-6,14H,3-4,7-10H2,(H,15,16,17). The molecule has 0 unspecified atom stereocenters. The summed E-state index contributed by atoms with van der Waals surface area (Å²) in [5.41, 5.74) is 0. The van der Waals surface area contributed by atoms with E-state index in [1.807, 2.05) is 18.2 Å². The van der Waals surface area contributed by atoms with E-state index < -0.39 is 9.15 Å². The van der Waals surface area contributed by atoms with Crippen LogP contribution in [0, 0.1) is 0 Å². The van der Waals surface area contributed by atoms with Crippen molar-refractivity contribution in [1.82, 2.24) is 5.32 Å². The molecule has 0 aliphatic rings. The van der Waals surface area contributed by atoms with E-state index in [0.717, 1.165) is 19.4 Å². The van der Waals surface area contributed by atoms with E-state index in [1.54, 1.807) is 6.07 Å². The Labute approximate surface area is 128 Å². The molecule has 0 amide bonds.